The molecular formula is C9H9Cl2NO2. The molecule has 0 atom stereocenters. The minimum atomic E-state index is -0.966. The number of benzene rings is 1. The molecule has 0 aliphatic carbocycles. The van der Waals surface area contributed by atoms with Crippen LogP contribution < -0.4 is 10.1 Å². The van der Waals surface area contributed by atoms with Gasteiger partial charge in [-0.05, 0) is 18.6 Å². The SMILES string of the molecule is Cc1ccccc1OC(=O)NC(Cl)Cl. The third-order valence-electron chi connectivity index (χ3n) is 1.52. The monoisotopic (exact) mass is 233 g/mol. The second-order valence-corrected chi connectivity index (χ2v) is 3.70. The zero-order valence-corrected chi connectivity index (χ0v) is 8.97. The van der Waals surface area contributed by atoms with Crippen molar-refractivity contribution in [3.63, 3.8) is 0 Å². The van der Waals surface area contributed by atoms with Gasteiger partial charge in [0.1, 0.15) is 5.75 Å². The number of aryl methyl sites for hydroxylation is 1. The number of para-hydroxylation sites is 1. The van der Waals surface area contributed by atoms with E-state index in [2.05, 4.69) is 5.32 Å². The standard InChI is InChI=1S/C9H9Cl2NO2/c1-6-4-2-3-5-7(6)14-9(13)12-8(10)11/h2-5,8H,1H3,(H,12,13). The summed E-state index contributed by atoms with van der Waals surface area (Å²) in [5.74, 6) is 0.485. The van der Waals surface area contributed by atoms with E-state index in [9.17, 15) is 4.79 Å². The molecule has 76 valence electrons. The number of ether oxygens (including phenoxy) is 1. The summed E-state index contributed by atoms with van der Waals surface area (Å²) in [6.07, 6.45) is -0.672. The van der Waals surface area contributed by atoms with E-state index in [1.165, 1.54) is 0 Å². The maximum Gasteiger partial charge on any atom is 0.414 e. The van der Waals surface area contributed by atoms with Crippen LogP contribution in [0.15, 0.2) is 24.3 Å². The maximum absolute atomic E-state index is 11.1. The summed E-state index contributed by atoms with van der Waals surface area (Å²) >= 11 is 10.7. The first-order valence-electron chi connectivity index (χ1n) is 3.91. The van der Waals surface area contributed by atoms with E-state index >= 15 is 0 Å². The van der Waals surface area contributed by atoms with Gasteiger partial charge < -0.3 is 4.74 Å². The lowest BCUT2D eigenvalue weighted by molar-refractivity contribution is 0.201. The Labute approximate surface area is 92.0 Å². The highest BCUT2D eigenvalue weighted by atomic mass is 35.5. The lowest BCUT2D eigenvalue weighted by Crippen LogP contribution is -2.30. The van der Waals surface area contributed by atoms with Crippen LogP contribution in [0.4, 0.5) is 4.79 Å². The van der Waals surface area contributed by atoms with E-state index in [1.807, 2.05) is 19.1 Å². The van der Waals surface area contributed by atoms with Crippen LogP contribution in [0.5, 0.6) is 5.75 Å². The van der Waals surface area contributed by atoms with Gasteiger partial charge >= 0.3 is 6.09 Å². The van der Waals surface area contributed by atoms with E-state index in [1.54, 1.807) is 12.1 Å². The normalized spacial score (nSPS) is 10.0. The number of hydrogen-bond acceptors (Lipinski definition) is 2. The Hall–Kier alpha value is -0.930. The van der Waals surface area contributed by atoms with Crippen LogP contribution in [0.3, 0.4) is 0 Å². The predicted molar refractivity (Wildman–Crippen MR) is 55.8 cm³/mol. The Morgan fingerprint density at radius 1 is 1.43 bits per heavy atom. The number of hydrogen-bond donors (Lipinski definition) is 1. The first kappa shape index (κ1) is 11.1. The van der Waals surface area contributed by atoms with Crippen LogP contribution in [0.1, 0.15) is 5.56 Å². The molecule has 0 unspecified atom stereocenters. The zero-order chi connectivity index (χ0) is 10.6. The number of amides is 1. The fourth-order valence-electron chi connectivity index (χ4n) is 0.889. The van der Waals surface area contributed by atoms with Crippen LogP contribution in [-0.2, 0) is 0 Å². The molecular weight excluding hydrogens is 225 g/mol. The van der Waals surface area contributed by atoms with Crippen molar-refractivity contribution < 1.29 is 9.53 Å². The Kier molecular flexibility index (Phi) is 4.04. The highest BCUT2D eigenvalue weighted by Crippen LogP contribution is 2.16. The van der Waals surface area contributed by atoms with Gasteiger partial charge in [0.25, 0.3) is 0 Å². The van der Waals surface area contributed by atoms with Crippen molar-refractivity contribution >= 4 is 29.3 Å². The number of halogens is 2. The maximum atomic E-state index is 11.1. The fourth-order valence-corrected chi connectivity index (χ4v) is 1.07. The third-order valence-corrected chi connectivity index (χ3v) is 1.74. The largest absolute Gasteiger partial charge is 0.414 e. The molecule has 0 radical (unpaired) electrons. The lowest BCUT2D eigenvalue weighted by atomic mass is 10.2. The highest BCUT2D eigenvalue weighted by molar-refractivity contribution is 6.44. The summed E-state index contributed by atoms with van der Waals surface area (Å²) in [6, 6.07) is 7.15. The highest BCUT2D eigenvalue weighted by Gasteiger charge is 2.08. The van der Waals surface area contributed by atoms with Gasteiger partial charge in [0, 0.05) is 0 Å². The molecule has 1 aromatic carbocycles. The summed E-state index contributed by atoms with van der Waals surface area (Å²) in [4.78, 5) is 10.1. The van der Waals surface area contributed by atoms with Crippen molar-refractivity contribution in [2.75, 3.05) is 0 Å². The molecule has 0 aliphatic heterocycles. The smallest absolute Gasteiger partial charge is 0.410 e. The Bertz CT molecular complexity index is 328. The second kappa shape index (κ2) is 5.08. The van der Waals surface area contributed by atoms with Crippen molar-refractivity contribution in [1.29, 1.82) is 0 Å². The van der Waals surface area contributed by atoms with Crippen molar-refractivity contribution in [1.82, 2.24) is 5.32 Å². The number of nitrogens with one attached hydrogen (secondary N) is 1. The van der Waals surface area contributed by atoms with E-state index in [0.29, 0.717) is 5.75 Å². The van der Waals surface area contributed by atoms with Gasteiger partial charge in [-0.25, -0.2) is 4.79 Å². The molecule has 0 saturated heterocycles. The molecule has 0 fully saturated rings. The summed E-state index contributed by atoms with van der Waals surface area (Å²) < 4.78 is 4.94. The van der Waals surface area contributed by atoms with Crippen LogP contribution >= 0.6 is 23.2 Å². The summed E-state index contributed by atoms with van der Waals surface area (Å²) in [7, 11) is 0. The van der Waals surface area contributed by atoms with E-state index in [4.69, 9.17) is 27.9 Å². The van der Waals surface area contributed by atoms with Crippen LogP contribution in [0.2, 0.25) is 0 Å². The summed E-state index contributed by atoms with van der Waals surface area (Å²) in [5.41, 5.74) is 0.864. The van der Waals surface area contributed by atoms with Crippen LogP contribution in [-0.4, -0.2) is 11.1 Å². The van der Waals surface area contributed by atoms with Gasteiger partial charge in [-0.1, -0.05) is 41.4 Å². The Morgan fingerprint density at radius 3 is 2.64 bits per heavy atom. The quantitative estimate of drug-likeness (QED) is 0.631. The minimum Gasteiger partial charge on any atom is -0.410 e. The fraction of sp³-hybridized carbons (Fsp3) is 0.222. The average Bonchev–Trinajstić information content (AvgIpc) is 2.07. The number of rotatable bonds is 2. The molecule has 5 heteroatoms. The van der Waals surface area contributed by atoms with E-state index in [-0.39, 0.29) is 0 Å². The first-order chi connectivity index (χ1) is 6.59. The molecule has 1 N–H and O–H groups in total. The van der Waals surface area contributed by atoms with Gasteiger partial charge in [-0.2, -0.15) is 0 Å². The summed E-state index contributed by atoms with van der Waals surface area (Å²) in [6.45, 7) is 1.83. The third kappa shape index (κ3) is 3.44. The van der Waals surface area contributed by atoms with Crippen molar-refractivity contribution in [3.05, 3.63) is 29.8 Å². The molecule has 14 heavy (non-hydrogen) atoms. The van der Waals surface area contributed by atoms with Gasteiger partial charge in [0.05, 0.1) is 0 Å². The summed E-state index contributed by atoms with van der Waals surface area (Å²) in [5, 5.41) is 2.19. The van der Waals surface area contributed by atoms with Crippen molar-refractivity contribution in [3.8, 4) is 5.75 Å². The molecule has 1 amide bonds. The molecule has 3 nitrogen and oxygen atoms in total. The molecule has 0 aromatic heterocycles. The van der Waals surface area contributed by atoms with Crippen LogP contribution in [0.25, 0.3) is 0 Å². The van der Waals surface area contributed by atoms with Gasteiger partial charge in [0.15, 0.2) is 4.96 Å². The number of carbonyl (C=O) groups excluding carboxylic acids is 1. The molecule has 0 saturated carbocycles. The molecule has 0 bridgehead atoms. The van der Waals surface area contributed by atoms with Crippen LogP contribution in [0, 0.1) is 6.92 Å². The van der Waals surface area contributed by atoms with Gasteiger partial charge in [0.2, 0.25) is 0 Å². The average molecular weight is 234 g/mol. The second-order valence-electron chi connectivity index (χ2n) is 2.60. The predicted octanol–water partition coefficient (Wildman–Crippen LogP) is 2.84. The zero-order valence-electron chi connectivity index (χ0n) is 7.46. The molecule has 1 rings (SSSR count). The Balaban J connectivity index is 2.61. The Morgan fingerprint density at radius 2 is 2.07 bits per heavy atom. The molecule has 0 spiro atoms. The van der Waals surface area contributed by atoms with Gasteiger partial charge in [-0.3, -0.25) is 5.32 Å². The van der Waals surface area contributed by atoms with E-state index < -0.39 is 11.1 Å². The topological polar surface area (TPSA) is 38.3 Å². The molecule has 0 heterocycles. The van der Waals surface area contributed by atoms with Crippen molar-refractivity contribution in [2.45, 2.75) is 11.9 Å². The van der Waals surface area contributed by atoms with Gasteiger partial charge in [-0.15, -0.1) is 0 Å². The minimum absolute atomic E-state index is 0.485. The lowest BCUT2D eigenvalue weighted by Gasteiger charge is -2.08. The van der Waals surface area contributed by atoms with Crippen molar-refractivity contribution in [2.24, 2.45) is 0 Å². The number of alkyl halides is 2. The number of carbonyl (C=O) groups is 1. The molecule has 1 aromatic rings. The first-order valence-corrected chi connectivity index (χ1v) is 4.79. The van der Waals surface area contributed by atoms with E-state index in [0.717, 1.165) is 5.56 Å². The molecule has 0 aliphatic rings.